The lowest BCUT2D eigenvalue weighted by molar-refractivity contribution is -0.122. The maximum Gasteiger partial charge on any atom is 0.271 e. The fourth-order valence-electron chi connectivity index (χ4n) is 3.50. The van der Waals surface area contributed by atoms with Gasteiger partial charge in [0.1, 0.15) is 16.0 Å². The number of aromatic nitrogens is 1. The van der Waals surface area contributed by atoms with Crippen molar-refractivity contribution in [3.8, 4) is 11.9 Å². The van der Waals surface area contributed by atoms with Crippen LogP contribution in [0, 0.1) is 18.3 Å². The minimum absolute atomic E-state index is 0.000352. The molecule has 0 spiro atoms. The fraction of sp³-hybridized carbons (Fsp3) is 0.208. The third-order valence-corrected chi connectivity index (χ3v) is 6.52. The third kappa shape index (κ3) is 4.97. The van der Waals surface area contributed by atoms with E-state index in [0.29, 0.717) is 15.6 Å². The molecule has 1 amide bonds. The minimum atomic E-state index is -0.674. The SMILES string of the molecule is C=CCn1c(O)c(C(=O)CCCN2C(=O)/C(=C/c3ccccc3)SC2=S)c(C)c(C#N)c1=O. The summed E-state index contributed by atoms with van der Waals surface area (Å²) in [6.07, 6.45) is 3.47. The van der Waals surface area contributed by atoms with E-state index in [9.17, 15) is 24.8 Å². The van der Waals surface area contributed by atoms with E-state index in [1.165, 1.54) is 29.7 Å². The van der Waals surface area contributed by atoms with Crippen molar-refractivity contribution >= 4 is 46.1 Å². The van der Waals surface area contributed by atoms with Gasteiger partial charge >= 0.3 is 0 Å². The number of hydrogen-bond donors (Lipinski definition) is 1. The van der Waals surface area contributed by atoms with Crippen LogP contribution >= 0.6 is 24.0 Å². The van der Waals surface area contributed by atoms with E-state index in [1.54, 1.807) is 6.08 Å². The highest BCUT2D eigenvalue weighted by Gasteiger charge is 2.32. The Labute approximate surface area is 200 Å². The maximum absolute atomic E-state index is 12.9. The molecule has 1 aliphatic rings. The smallest absolute Gasteiger partial charge is 0.271 e. The predicted molar refractivity (Wildman–Crippen MR) is 132 cm³/mol. The van der Waals surface area contributed by atoms with Gasteiger partial charge in [0, 0.05) is 19.5 Å². The van der Waals surface area contributed by atoms with Crippen LogP contribution in [0.1, 0.15) is 39.9 Å². The molecular weight excluding hydrogens is 458 g/mol. The van der Waals surface area contributed by atoms with E-state index in [4.69, 9.17) is 12.2 Å². The van der Waals surface area contributed by atoms with Crippen LogP contribution in [-0.4, -0.2) is 37.1 Å². The van der Waals surface area contributed by atoms with Gasteiger partial charge in [-0.25, -0.2) is 0 Å². The second-order valence-electron chi connectivity index (χ2n) is 7.29. The molecule has 1 aliphatic heterocycles. The van der Waals surface area contributed by atoms with Crippen LogP contribution in [0.15, 0.2) is 52.7 Å². The Morgan fingerprint density at radius 2 is 2.00 bits per heavy atom. The first kappa shape index (κ1) is 24.2. The number of carbonyl (C=O) groups excluding carboxylic acids is 2. The molecule has 0 atom stereocenters. The van der Waals surface area contributed by atoms with Crippen LogP contribution in [0.4, 0.5) is 0 Å². The molecule has 0 bridgehead atoms. The maximum atomic E-state index is 12.9. The van der Waals surface area contributed by atoms with Crippen molar-refractivity contribution in [2.45, 2.75) is 26.3 Å². The Hall–Kier alpha value is -3.48. The van der Waals surface area contributed by atoms with E-state index >= 15 is 0 Å². The van der Waals surface area contributed by atoms with E-state index in [-0.39, 0.29) is 42.1 Å². The molecule has 33 heavy (non-hydrogen) atoms. The molecule has 3 rings (SSSR count). The second-order valence-corrected chi connectivity index (χ2v) is 8.96. The number of ketones is 1. The van der Waals surface area contributed by atoms with Gasteiger partial charge in [0.25, 0.3) is 11.5 Å². The van der Waals surface area contributed by atoms with Gasteiger partial charge in [-0.1, -0.05) is 60.4 Å². The summed E-state index contributed by atoms with van der Waals surface area (Å²) < 4.78 is 1.36. The number of nitrogens with zero attached hydrogens (tertiary/aromatic N) is 3. The zero-order valence-electron chi connectivity index (χ0n) is 17.9. The lowest BCUT2D eigenvalue weighted by Crippen LogP contribution is -2.29. The molecule has 0 saturated carbocycles. The van der Waals surface area contributed by atoms with E-state index in [0.717, 1.165) is 10.1 Å². The van der Waals surface area contributed by atoms with Crippen molar-refractivity contribution < 1.29 is 14.7 Å². The molecule has 1 saturated heterocycles. The van der Waals surface area contributed by atoms with Crippen molar-refractivity contribution in [2.75, 3.05) is 6.54 Å². The number of aromatic hydroxyl groups is 1. The number of Topliss-reactive ketones (excluding diaryl/α,β-unsaturated/α-hetero) is 1. The van der Waals surface area contributed by atoms with Gasteiger partial charge in [0.15, 0.2) is 5.78 Å². The number of hydrogen-bond acceptors (Lipinski definition) is 7. The first-order valence-electron chi connectivity index (χ1n) is 10.1. The van der Waals surface area contributed by atoms with E-state index < -0.39 is 17.2 Å². The van der Waals surface area contributed by atoms with Gasteiger partial charge in [-0.05, 0) is 30.5 Å². The molecule has 1 aromatic heterocycles. The van der Waals surface area contributed by atoms with Crippen LogP contribution in [0.25, 0.3) is 6.08 Å². The summed E-state index contributed by atoms with van der Waals surface area (Å²) in [6, 6.07) is 11.2. The quantitative estimate of drug-likeness (QED) is 0.266. The number of rotatable bonds is 8. The highest BCUT2D eigenvalue weighted by molar-refractivity contribution is 8.26. The number of allylic oxidation sites excluding steroid dienone is 1. The lowest BCUT2D eigenvalue weighted by Gasteiger charge is -2.16. The van der Waals surface area contributed by atoms with Gasteiger partial charge in [-0.3, -0.25) is 23.9 Å². The molecule has 0 aliphatic carbocycles. The van der Waals surface area contributed by atoms with Gasteiger partial charge in [-0.15, -0.1) is 6.58 Å². The Bertz CT molecular complexity index is 1270. The van der Waals surface area contributed by atoms with Gasteiger partial charge < -0.3 is 5.11 Å². The second kappa shape index (κ2) is 10.4. The monoisotopic (exact) mass is 479 g/mol. The summed E-state index contributed by atoms with van der Waals surface area (Å²) in [5, 5.41) is 19.9. The topological polar surface area (TPSA) is 103 Å². The van der Waals surface area contributed by atoms with Crippen LogP contribution in [0.3, 0.4) is 0 Å². The zero-order valence-corrected chi connectivity index (χ0v) is 19.5. The predicted octanol–water partition coefficient (Wildman–Crippen LogP) is 3.78. The summed E-state index contributed by atoms with van der Waals surface area (Å²) in [4.78, 5) is 40.0. The van der Waals surface area contributed by atoms with Gasteiger partial charge in [0.2, 0.25) is 5.88 Å². The molecule has 0 radical (unpaired) electrons. The average Bonchev–Trinajstić information content (AvgIpc) is 3.05. The average molecular weight is 480 g/mol. The van der Waals surface area contributed by atoms with Crippen LogP contribution in [0.2, 0.25) is 0 Å². The molecule has 9 heteroatoms. The summed E-state index contributed by atoms with van der Waals surface area (Å²) in [5.74, 6) is -1.13. The highest BCUT2D eigenvalue weighted by atomic mass is 32.2. The van der Waals surface area contributed by atoms with Crippen LogP contribution < -0.4 is 5.56 Å². The highest BCUT2D eigenvalue weighted by Crippen LogP contribution is 2.33. The Morgan fingerprint density at radius 1 is 1.30 bits per heavy atom. The number of thioether (sulfide) groups is 1. The van der Waals surface area contributed by atoms with Crippen LogP contribution in [-0.2, 0) is 11.3 Å². The third-order valence-electron chi connectivity index (χ3n) is 5.15. The number of carbonyl (C=O) groups is 2. The molecule has 1 aromatic carbocycles. The molecule has 168 valence electrons. The van der Waals surface area contributed by atoms with Crippen molar-refractivity contribution in [3.63, 3.8) is 0 Å². The lowest BCUT2D eigenvalue weighted by atomic mass is 9.99. The summed E-state index contributed by atoms with van der Waals surface area (Å²) >= 11 is 6.55. The Morgan fingerprint density at radius 3 is 2.64 bits per heavy atom. The van der Waals surface area contributed by atoms with Crippen molar-refractivity contribution in [1.29, 1.82) is 5.26 Å². The van der Waals surface area contributed by atoms with Crippen molar-refractivity contribution in [3.05, 3.63) is 80.5 Å². The Balaban J connectivity index is 1.74. The largest absolute Gasteiger partial charge is 0.494 e. The number of benzene rings is 1. The molecule has 7 nitrogen and oxygen atoms in total. The fourth-order valence-corrected chi connectivity index (χ4v) is 4.81. The van der Waals surface area contributed by atoms with Crippen molar-refractivity contribution in [1.82, 2.24) is 9.47 Å². The molecular formula is C24H21N3O4S2. The zero-order chi connectivity index (χ0) is 24.1. The number of pyridine rings is 1. The molecule has 2 heterocycles. The van der Waals surface area contributed by atoms with E-state index in [1.807, 2.05) is 36.4 Å². The standard InChI is InChI=1S/C24H21N3O4S2/c1-3-11-26-21(29)17(14-25)15(2)20(23(26)31)18(28)10-7-12-27-22(30)19(33-24(27)32)13-16-8-5-4-6-9-16/h3-6,8-9,13,31H,1,7,10-12H2,2H3/b19-13-. The van der Waals surface area contributed by atoms with Gasteiger partial charge in [-0.2, -0.15) is 5.26 Å². The number of thiocarbonyl (C=S) groups is 1. The van der Waals surface area contributed by atoms with Gasteiger partial charge in [0.05, 0.1) is 10.5 Å². The first-order valence-corrected chi connectivity index (χ1v) is 11.3. The summed E-state index contributed by atoms with van der Waals surface area (Å²) in [5.41, 5.74) is 0.0962. The number of amides is 1. The first-order chi connectivity index (χ1) is 15.8. The minimum Gasteiger partial charge on any atom is -0.494 e. The molecule has 0 unspecified atom stereocenters. The summed E-state index contributed by atoms with van der Waals surface area (Å²) in [7, 11) is 0. The molecule has 1 N–H and O–H groups in total. The Kier molecular flexibility index (Phi) is 7.63. The normalized spacial score (nSPS) is 14.5. The molecule has 1 fully saturated rings. The molecule has 2 aromatic rings. The van der Waals surface area contributed by atoms with Crippen LogP contribution in [0.5, 0.6) is 5.88 Å². The number of nitriles is 1. The van der Waals surface area contributed by atoms with E-state index in [2.05, 4.69) is 6.58 Å². The summed E-state index contributed by atoms with van der Waals surface area (Å²) in [6.45, 7) is 5.19. The van der Waals surface area contributed by atoms with Crippen molar-refractivity contribution in [2.24, 2.45) is 0 Å².